The first-order valence-electron chi connectivity index (χ1n) is 12.0. The fourth-order valence-corrected chi connectivity index (χ4v) is 3.92. The second-order valence-electron chi connectivity index (χ2n) is 11.0. The van der Waals surface area contributed by atoms with Crippen molar-refractivity contribution in [2.24, 2.45) is 0 Å². The van der Waals surface area contributed by atoms with Crippen molar-refractivity contribution in [1.82, 2.24) is 10.2 Å². The highest BCUT2D eigenvalue weighted by Gasteiger charge is 2.39. The number of nitrogens with zero attached hydrogens (tertiary/aromatic N) is 1. The zero-order valence-corrected chi connectivity index (χ0v) is 22.8. The van der Waals surface area contributed by atoms with Crippen molar-refractivity contribution in [3.05, 3.63) is 58.7 Å². The molecule has 0 saturated heterocycles. The number of phenolic OH excluding ortho intramolecular Hbond substituents is 1. The number of ether oxygens (including phenoxy) is 1. The van der Waals surface area contributed by atoms with E-state index in [0.717, 1.165) is 11.1 Å². The van der Waals surface area contributed by atoms with Gasteiger partial charge in [-0.05, 0) is 96.7 Å². The molecule has 0 heterocycles. The van der Waals surface area contributed by atoms with Crippen LogP contribution in [0.4, 0.5) is 10.5 Å². The van der Waals surface area contributed by atoms with Crippen LogP contribution in [-0.4, -0.2) is 45.6 Å². The highest BCUT2D eigenvalue weighted by Crippen LogP contribution is 2.33. The van der Waals surface area contributed by atoms with E-state index in [1.165, 1.54) is 11.0 Å². The zero-order chi connectivity index (χ0) is 27.4. The van der Waals surface area contributed by atoms with E-state index in [-0.39, 0.29) is 12.3 Å². The number of aromatic hydroxyl groups is 1. The summed E-state index contributed by atoms with van der Waals surface area (Å²) in [5.74, 6) is -0.772. The average molecular weight is 498 g/mol. The number of nitrogens with one attached hydrogen (secondary N) is 2. The molecule has 0 saturated carbocycles. The van der Waals surface area contributed by atoms with Gasteiger partial charge in [0.2, 0.25) is 5.91 Å². The van der Waals surface area contributed by atoms with Gasteiger partial charge in [-0.1, -0.05) is 24.3 Å². The number of hydrogen-bond donors (Lipinski definition) is 3. The molecule has 2 rings (SSSR count). The smallest absolute Gasteiger partial charge is 0.408 e. The van der Waals surface area contributed by atoms with Crippen LogP contribution in [0.25, 0.3) is 0 Å². The molecule has 0 radical (unpaired) electrons. The summed E-state index contributed by atoms with van der Waals surface area (Å²) in [5, 5.41) is 15.6. The Labute approximate surface area is 214 Å². The first-order valence-corrected chi connectivity index (χ1v) is 12.0. The fourth-order valence-electron chi connectivity index (χ4n) is 3.92. The molecule has 3 N–H and O–H groups in total. The number of para-hydroxylation sites is 1. The summed E-state index contributed by atoms with van der Waals surface area (Å²) in [6.45, 7) is 15.9. The Kier molecular flexibility index (Phi) is 8.78. The molecule has 0 bridgehead atoms. The van der Waals surface area contributed by atoms with Gasteiger partial charge < -0.3 is 25.4 Å². The second-order valence-corrected chi connectivity index (χ2v) is 11.0. The van der Waals surface area contributed by atoms with Crippen LogP contribution in [0, 0.1) is 20.8 Å². The lowest BCUT2D eigenvalue weighted by atomic mass is 9.95. The fraction of sp³-hybridized carbons (Fsp3) is 0.464. The molecule has 2 aromatic carbocycles. The molecule has 196 valence electrons. The number of benzene rings is 2. The van der Waals surface area contributed by atoms with Gasteiger partial charge in [0.15, 0.2) is 0 Å². The molecule has 0 spiro atoms. The lowest BCUT2D eigenvalue weighted by Gasteiger charge is -2.41. The van der Waals surface area contributed by atoms with Gasteiger partial charge in [-0.2, -0.15) is 0 Å². The Morgan fingerprint density at radius 1 is 0.944 bits per heavy atom. The van der Waals surface area contributed by atoms with Crippen molar-refractivity contribution in [3.63, 3.8) is 0 Å². The minimum atomic E-state index is -1.03. The largest absolute Gasteiger partial charge is 0.508 e. The molecule has 8 heteroatoms. The van der Waals surface area contributed by atoms with Gasteiger partial charge in [0.25, 0.3) is 5.91 Å². The maximum absolute atomic E-state index is 13.9. The number of alkyl carbamates (subject to hydrolysis) is 1. The molecule has 1 atom stereocenters. The van der Waals surface area contributed by atoms with Crippen molar-refractivity contribution in [2.45, 2.75) is 79.5 Å². The van der Waals surface area contributed by atoms with Crippen LogP contribution in [-0.2, 0) is 14.3 Å². The highest BCUT2D eigenvalue weighted by molar-refractivity contribution is 5.99. The number of amides is 3. The van der Waals surface area contributed by atoms with Gasteiger partial charge in [0.05, 0.1) is 0 Å². The van der Waals surface area contributed by atoms with Gasteiger partial charge in [-0.15, -0.1) is 0 Å². The molecular weight excluding hydrogens is 458 g/mol. The maximum Gasteiger partial charge on any atom is 0.408 e. The summed E-state index contributed by atoms with van der Waals surface area (Å²) in [5.41, 5.74) is 2.07. The Morgan fingerprint density at radius 2 is 1.53 bits per heavy atom. The maximum atomic E-state index is 13.9. The van der Waals surface area contributed by atoms with Crippen LogP contribution in [0.15, 0.2) is 36.4 Å². The lowest BCUT2D eigenvalue weighted by molar-refractivity contribution is -0.144. The van der Waals surface area contributed by atoms with Gasteiger partial charge in [0.1, 0.15) is 23.9 Å². The summed E-state index contributed by atoms with van der Waals surface area (Å²) in [6.07, 6.45) is -0.721. The van der Waals surface area contributed by atoms with E-state index in [1.54, 1.807) is 39.8 Å². The topological polar surface area (TPSA) is 108 Å². The van der Waals surface area contributed by atoms with Crippen molar-refractivity contribution in [2.75, 3.05) is 11.9 Å². The quantitative estimate of drug-likeness (QED) is 0.512. The van der Waals surface area contributed by atoms with E-state index in [9.17, 15) is 19.5 Å². The minimum absolute atomic E-state index is 0.0906. The van der Waals surface area contributed by atoms with Crippen molar-refractivity contribution < 1.29 is 24.2 Å². The molecule has 2 aromatic rings. The predicted molar refractivity (Wildman–Crippen MR) is 141 cm³/mol. The van der Waals surface area contributed by atoms with Crippen molar-refractivity contribution >= 4 is 23.6 Å². The van der Waals surface area contributed by atoms with E-state index in [0.29, 0.717) is 16.8 Å². The zero-order valence-electron chi connectivity index (χ0n) is 22.8. The first kappa shape index (κ1) is 28.7. The lowest BCUT2D eigenvalue weighted by Crippen LogP contribution is -2.54. The predicted octanol–water partition coefficient (Wildman–Crippen LogP) is 5.15. The summed E-state index contributed by atoms with van der Waals surface area (Å²) < 4.78 is 5.25. The third-order valence-electron chi connectivity index (χ3n) is 5.55. The third kappa shape index (κ3) is 7.47. The van der Waals surface area contributed by atoms with Gasteiger partial charge in [-0.25, -0.2) is 4.79 Å². The monoisotopic (exact) mass is 497 g/mol. The average Bonchev–Trinajstić information content (AvgIpc) is 2.73. The molecule has 36 heavy (non-hydrogen) atoms. The molecule has 3 amide bonds. The van der Waals surface area contributed by atoms with Crippen LogP contribution in [0.5, 0.6) is 5.75 Å². The number of rotatable bonds is 6. The third-order valence-corrected chi connectivity index (χ3v) is 5.55. The van der Waals surface area contributed by atoms with Crippen LogP contribution in [0.1, 0.15) is 69.8 Å². The number of aryl methyl sites for hydroxylation is 3. The number of carbonyl (C=O) groups is 3. The molecule has 0 fully saturated rings. The first-order chi connectivity index (χ1) is 16.5. The van der Waals surface area contributed by atoms with Crippen LogP contribution >= 0.6 is 0 Å². The number of carbonyl (C=O) groups excluding carboxylic acids is 3. The summed E-state index contributed by atoms with van der Waals surface area (Å²) in [7, 11) is 0. The van der Waals surface area contributed by atoms with E-state index in [1.807, 2.05) is 52.8 Å². The van der Waals surface area contributed by atoms with Crippen LogP contribution in [0.3, 0.4) is 0 Å². The van der Waals surface area contributed by atoms with Crippen molar-refractivity contribution in [1.29, 1.82) is 0 Å². The summed E-state index contributed by atoms with van der Waals surface area (Å²) in [4.78, 5) is 41.0. The molecular formula is C28H39N3O5. The standard InChI is InChI=1S/C28H39N3O5/c1-17-11-10-12-18(2)23(17)30-25(34)24(20-13-14-21(32)19(3)15-20)31(27(4,5)6)22(33)16-29-26(35)36-28(7,8)9/h10-15,24,32H,16H2,1-9H3,(H,29,35)(H,30,34). The highest BCUT2D eigenvalue weighted by atomic mass is 16.6. The summed E-state index contributed by atoms with van der Waals surface area (Å²) >= 11 is 0. The van der Waals surface area contributed by atoms with Gasteiger partial charge in [0, 0.05) is 11.2 Å². The number of phenols is 1. The van der Waals surface area contributed by atoms with Gasteiger partial charge in [-0.3, -0.25) is 9.59 Å². The summed E-state index contributed by atoms with van der Waals surface area (Å²) in [6, 6.07) is 9.51. The van der Waals surface area contributed by atoms with Crippen molar-refractivity contribution in [3.8, 4) is 5.75 Å². The van der Waals surface area contributed by atoms with Crippen LogP contribution in [0.2, 0.25) is 0 Å². The Hall–Kier alpha value is -3.55. The Morgan fingerprint density at radius 3 is 2.03 bits per heavy atom. The Balaban J connectivity index is 2.50. The number of hydrogen-bond acceptors (Lipinski definition) is 5. The van der Waals surface area contributed by atoms with E-state index >= 15 is 0 Å². The molecule has 0 aromatic heterocycles. The second kappa shape index (κ2) is 11.0. The SMILES string of the molecule is Cc1cc(C(C(=O)Nc2c(C)cccc2C)N(C(=O)CNC(=O)OC(C)(C)C)C(C)(C)C)ccc1O. The minimum Gasteiger partial charge on any atom is -0.508 e. The normalized spacial score (nSPS) is 12.5. The van der Waals surface area contributed by atoms with Gasteiger partial charge >= 0.3 is 6.09 Å². The van der Waals surface area contributed by atoms with E-state index in [4.69, 9.17) is 4.74 Å². The Bertz CT molecular complexity index is 1110. The van der Waals surface area contributed by atoms with Crippen LogP contribution < -0.4 is 10.6 Å². The molecule has 0 aliphatic carbocycles. The molecule has 1 unspecified atom stereocenters. The molecule has 8 nitrogen and oxygen atoms in total. The molecule has 0 aliphatic heterocycles. The van der Waals surface area contributed by atoms with E-state index < -0.39 is 35.1 Å². The number of anilines is 1. The molecule has 0 aliphatic rings. The van der Waals surface area contributed by atoms with E-state index in [2.05, 4.69) is 10.6 Å².